The van der Waals surface area contributed by atoms with Crippen LogP contribution in [0.1, 0.15) is 27.7 Å². The zero-order valence-corrected chi connectivity index (χ0v) is 16.6. The average Bonchev–Trinajstić information content (AvgIpc) is 3.04. The zero-order valence-electron chi connectivity index (χ0n) is 16.6. The van der Waals surface area contributed by atoms with Gasteiger partial charge in [0, 0.05) is 10.9 Å². The number of para-hydroxylation sites is 1. The van der Waals surface area contributed by atoms with Crippen molar-refractivity contribution in [2.75, 3.05) is 0 Å². The van der Waals surface area contributed by atoms with Crippen molar-refractivity contribution in [3.8, 4) is 11.4 Å². The maximum absolute atomic E-state index is 10.2. The van der Waals surface area contributed by atoms with Gasteiger partial charge in [-0.25, -0.2) is 9.97 Å². The van der Waals surface area contributed by atoms with Gasteiger partial charge in [-0.05, 0) is 39.8 Å². The van der Waals surface area contributed by atoms with Crippen LogP contribution in [-0.2, 0) is 4.65 Å². The van der Waals surface area contributed by atoms with Crippen molar-refractivity contribution in [3.05, 3.63) is 54.7 Å². The van der Waals surface area contributed by atoms with Crippen molar-refractivity contribution in [3.63, 3.8) is 0 Å². The predicted molar refractivity (Wildman–Crippen MR) is 113 cm³/mol. The fourth-order valence-electron chi connectivity index (χ4n) is 2.84. The third-order valence-electron chi connectivity index (χ3n) is 5.40. The molecule has 4 aromatic rings. The monoisotopic (exact) mass is 374 g/mol. The Labute approximate surface area is 164 Å². The smallest absolute Gasteiger partial charge is 0.309 e. The van der Waals surface area contributed by atoms with Crippen LogP contribution in [-0.4, -0.2) is 33.8 Å². The lowest BCUT2D eigenvalue weighted by Gasteiger charge is -2.37. The number of nitrogens with zero attached hydrogens (tertiary/aromatic N) is 2. The van der Waals surface area contributed by atoms with Crippen molar-refractivity contribution < 1.29 is 14.2 Å². The molecule has 0 saturated carbocycles. The maximum Gasteiger partial charge on any atom is 0.309 e. The minimum Gasteiger partial charge on any atom is -0.453 e. The minimum atomic E-state index is -0.927. The highest BCUT2D eigenvalue weighted by molar-refractivity contribution is 6.47. The first kappa shape index (κ1) is 18.7. The minimum absolute atomic E-state index is 0.420. The molecule has 28 heavy (non-hydrogen) atoms. The Morgan fingerprint density at radius 3 is 2.39 bits per heavy atom. The second kappa shape index (κ2) is 6.72. The molecule has 0 aliphatic rings. The highest BCUT2D eigenvalue weighted by Crippen LogP contribution is 2.28. The molecule has 4 rings (SSSR count). The lowest BCUT2D eigenvalue weighted by atomic mass is 9.82. The lowest BCUT2D eigenvalue weighted by molar-refractivity contribution is -0.0893. The summed E-state index contributed by atoms with van der Waals surface area (Å²) in [5, 5.41) is 11.2. The van der Waals surface area contributed by atoms with Gasteiger partial charge in [-0.3, -0.25) is 0 Å². The number of hydrogen-bond donors (Lipinski definition) is 1. The first-order chi connectivity index (χ1) is 13.2. The third-order valence-corrected chi connectivity index (χ3v) is 5.40. The summed E-state index contributed by atoms with van der Waals surface area (Å²) < 4.78 is 11.7. The molecule has 2 heterocycles. The second-order valence-electron chi connectivity index (χ2n) is 8.06. The van der Waals surface area contributed by atoms with Crippen molar-refractivity contribution in [1.29, 1.82) is 0 Å². The van der Waals surface area contributed by atoms with Crippen LogP contribution in [0.25, 0.3) is 33.5 Å². The van der Waals surface area contributed by atoms with Crippen LogP contribution in [0.3, 0.4) is 0 Å². The van der Waals surface area contributed by atoms with Crippen LogP contribution in [0.4, 0.5) is 0 Å². The summed E-state index contributed by atoms with van der Waals surface area (Å²) in [6, 6.07) is 15.8. The van der Waals surface area contributed by atoms with Crippen molar-refractivity contribution >= 4 is 35.0 Å². The first-order valence-electron chi connectivity index (χ1n) is 9.34. The van der Waals surface area contributed by atoms with Crippen molar-refractivity contribution in [2.24, 2.45) is 0 Å². The lowest BCUT2D eigenvalue weighted by Crippen LogP contribution is -2.49. The van der Waals surface area contributed by atoms with Crippen LogP contribution in [0.15, 0.2) is 59.1 Å². The highest BCUT2D eigenvalue weighted by Gasteiger charge is 2.35. The quantitative estimate of drug-likeness (QED) is 0.541. The van der Waals surface area contributed by atoms with Gasteiger partial charge in [-0.1, -0.05) is 41.9 Å². The summed E-state index contributed by atoms with van der Waals surface area (Å²) in [7, 11) is 0.420. The van der Waals surface area contributed by atoms with E-state index in [2.05, 4.69) is 4.98 Å². The Kier molecular flexibility index (Phi) is 4.48. The zero-order chi connectivity index (χ0) is 19.9. The molecule has 0 bridgehead atoms. The number of hydrogen-bond acceptors (Lipinski definition) is 5. The van der Waals surface area contributed by atoms with Crippen LogP contribution in [0, 0.1) is 0 Å². The van der Waals surface area contributed by atoms with E-state index in [9.17, 15) is 5.11 Å². The molecule has 2 aromatic heterocycles. The number of aromatic nitrogens is 2. The molecule has 0 aliphatic heterocycles. The van der Waals surface area contributed by atoms with Gasteiger partial charge in [0.15, 0.2) is 11.4 Å². The third kappa shape index (κ3) is 3.41. The molecule has 0 unspecified atom stereocenters. The van der Waals surface area contributed by atoms with E-state index in [4.69, 9.17) is 14.1 Å². The second-order valence-corrected chi connectivity index (χ2v) is 8.06. The van der Waals surface area contributed by atoms with E-state index in [1.807, 2.05) is 62.4 Å². The summed E-state index contributed by atoms with van der Waals surface area (Å²) in [5.41, 5.74) is 2.69. The summed E-state index contributed by atoms with van der Waals surface area (Å²) in [6.45, 7) is 7.28. The number of aliphatic hydroxyl groups is 1. The number of fused-ring (bicyclic) bond motifs is 3. The van der Waals surface area contributed by atoms with E-state index < -0.39 is 11.2 Å². The van der Waals surface area contributed by atoms with Gasteiger partial charge in [0.2, 0.25) is 0 Å². The van der Waals surface area contributed by atoms with Gasteiger partial charge >= 0.3 is 7.48 Å². The largest absolute Gasteiger partial charge is 0.453 e. The fourth-order valence-corrected chi connectivity index (χ4v) is 2.84. The van der Waals surface area contributed by atoms with E-state index in [-0.39, 0.29) is 0 Å². The fraction of sp³-hybridized carbons (Fsp3) is 0.273. The SMILES string of the molecule is CC(C)(O)C(C)(C)OBc1ccc(-c2ncc3oc4ccccc4c3n2)cc1. The Bertz CT molecular complexity index is 1130. The molecule has 0 aliphatic carbocycles. The van der Waals surface area contributed by atoms with Crippen LogP contribution >= 0.6 is 0 Å². The predicted octanol–water partition coefficient (Wildman–Crippen LogP) is 3.59. The summed E-state index contributed by atoms with van der Waals surface area (Å²) in [4.78, 5) is 9.16. The number of furan rings is 1. The van der Waals surface area contributed by atoms with E-state index >= 15 is 0 Å². The molecule has 142 valence electrons. The Hall–Kier alpha value is -2.70. The van der Waals surface area contributed by atoms with Crippen molar-refractivity contribution in [1.82, 2.24) is 9.97 Å². The van der Waals surface area contributed by atoms with E-state index in [1.165, 1.54) is 0 Å². The first-order valence-corrected chi connectivity index (χ1v) is 9.34. The molecule has 0 saturated heterocycles. The molecule has 6 heteroatoms. The maximum atomic E-state index is 10.2. The normalized spacial score (nSPS) is 12.6. The van der Waals surface area contributed by atoms with E-state index in [0.717, 1.165) is 27.5 Å². The van der Waals surface area contributed by atoms with Gasteiger partial charge in [-0.2, -0.15) is 0 Å². The molecule has 0 amide bonds. The van der Waals surface area contributed by atoms with Gasteiger partial charge in [0.05, 0.1) is 17.4 Å². The molecular weight excluding hydrogens is 351 g/mol. The topological polar surface area (TPSA) is 68.4 Å². The average molecular weight is 374 g/mol. The molecule has 5 nitrogen and oxygen atoms in total. The van der Waals surface area contributed by atoms with Gasteiger partial charge in [-0.15, -0.1) is 0 Å². The molecule has 0 spiro atoms. The standard InChI is InChI=1S/C22H23BN2O3/c1-21(2,26)22(3,4)28-23-15-11-9-14(10-12-15)20-24-13-18-19(25-20)16-7-5-6-8-17(16)27-18/h5-13,23,26H,1-4H3. The molecule has 0 fully saturated rings. The molecular formula is C22H23BN2O3. The van der Waals surface area contributed by atoms with Crippen LogP contribution in [0.5, 0.6) is 0 Å². The molecule has 2 aromatic carbocycles. The molecule has 0 atom stereocenters. The molecule has 0 radical (unpaired) electrons. The summed E-state index contributed by atoms with van der Waals surface area (Å²) >= 11 is 0. The summed E-state index contributed by atoms with van der Waals surface area (Å²) in [6.07, 6.45) is 1.72. The van der Waals surface area contributed by atoms with Gasteiger partial charge < -0.3 is 14.2 Å². The number of rotatable bonds is 5. The van der Waals surface area contributed by atoms with Crippen LogP contribution < -0.4 is 5.46 Å². The molecule has 1 N–H and O–H groups in total. The Balaban J connectivity index is 1.58. The Morgan fingerprint density at radius 2 is 1.68 bits per heavy atom. The number of benzene rings is 2. The van der Waals surface area contributed by atoms with E-state index in [1.54, 1.807) is 20.0 Å². The van der Waals surface area contributed by atoms with Crippen molar-refractivity contribution in [2.45, 2.75) is 38.9 Å². The highest BCUT2D eigenvalue weighted by atomic mass is 16.5. The van der Waals surface area contributed by atoms with Gasteiger partial charge in [0.25, 0.3) is 0 Å². The Morgan fingerprint density at radius 1 is 0.964 bits per heavy atom. The van der Waals surface area contributed by atoms with Gasteiger partial charge in [0.1, 0.15) is 11.1 Å². The summed E-state index contributed by atoms with van der Waals surface area (Å²) in [5.74, 6) is 0.656. The van der Waals surface area contributed by atoms with Crippen LogP contribution in [0.2, 0.25) is 0 Å². The van der Waals surface area contributed by atoms with E-state index in [0.29, 0.717) is 18.9 Å².